The molecule has 1 amide bonds. The maximum Gasteiger partial charge on any atom is 0.323 e. The van der Waals surface area contributed by atoms with Gasteiger partial charge in [0.15, 0.2) is 6.61 Å². The zero-order valence-electron chi connectivity index (χ0n) is 11.8. The quantitative estimate of drug-likeness (QED) is 0.574. The summed E-state index contributed by atoms with van der Waals surface area (Å²) in [6.45, 7) is 1.10. The van der Waals surface area contributed by atoms with Crippen LogP contribution in [0, 0.1) is 15.9 Å². The first-order valence-electron chi connectivity index (χ1n) is 6.41. The Labute approximate surface area is 125 Å². The Bertz CT molecular complexity index is 578. The molecule has 0 bridgehead atoms. The van der Waals surface area contributed by atoms with E-state index in [0.717, 1.165) is 23.1 Å². The van der Waals surface area contributed by atoms with Gasteiger partial charge in [-0.05, 0) is 12.5 Å². The van der Waals surface area contributed by atoms with Gasteiger partial charge < -0.3 is 14.7 Å². The van der Waals surface area contributed by atoms with Gasteiger partial charge in [0.25, 0.3) is 5.91 Å². The molecule has 120 valence electrons. The van der Waals surface area contributed by atoms with Crippen LogP contribution in [-0.2, 0) is 9.59 Å². The van der Waals surface area contributed by atoms with Crippen molar-refractivity contribution in [1.82, 2.24) is 4.90 Å². The van der Waals surface area contributed by atoms with Gasteiger partial charge in [0.05, 0.1) is 4.92 Å². The molecular formula is C13H15FN2O6. The van der Waals surface area contributed by atoms with E-state index in [2.05, 4.69) is 0 Å². The van der Waals surface area contributed by atoms with E-state index in [4.69, 9.17) is 9.84 Å². The van der Waals surface area contributed by atoms with Gasteiger partial charge in [0.2, 0.25) is 5.82 Å². The molecule has 0 aliphatic rings. The Hall–Kier alpha value is -2.71. The molecule has 0 aliphatic carbocycles. The number of carbonyl (C=O) groups is 2. The fraction of sp³-hybridized carbons (Fsp3) is 0.385. The molecule has 22 heavy (non-hydrogen) atoms. The number of nitro groups is 1. The van der Waals surface area contributed by atoms with Crippen LogP contribution < -0.4 is 4.74 Å². The number of hydrogen-bond acceptors (Lipinski definition) is 5. The SMILES string of the molecule is CCCN(CC(=O)O)C(=O)COc1ccc([N+](=O)[O-])c(F)c1. The smallest absolute Gasteiger partial charge is 0.323 e. The van der Waals surface area contributed by atoms with E-state index >= 15 is 0 Å². The van der Waals surface area contributed by atoms with Crippen LogP contribution in [-0.4, -0.2) is 46.5 Å². The first-order valence-corrected chi connectivity index (χ1v) is 6.41. The van der Waals surface area contributed by atoms with Crippen LogP contribution in [0.15, 0.2) is 18.2 Å². The third kappa shape index (κ3) is 5.00. The minimum Gasteiger partial charge on any atom is -0.484 e. The van der Waals surface area contributed by atoms with Crippen LogP contribution in [0.25, 0.3) is 0 Å². The highest BCUT2D eigenvalue weighted by atomic mass is 19.1. The Kier molecular flexibility index (Phi) is 6.24. The van der Waals surface area contributed by atoms with Crippen molar-refractivity contribution in [1.29, 1.82) is 0 Å². The van der Waals surface area contributed by atoms with Crippen molar-refractivity contribution in [3.05, 3.63) is 34.1 Å². The molecule has 0 atom stereocenters. The summed E-state index contributed by atoms with van der Waals surface area (Å²) in [6.07, 6.45) is 0.575. The Morgan fingerprint density at radius 2 is 2.14 bits per heavy atom. The maximum atomic E-state index is 13.4. The summed E-state index contributed by atoms with van der Waals surface area (Å²) >= 11 is 0. The van der Waals surface area contributed by atoms with Crippen LogP contribution in [0.3, 0.4) is 0 Å². The molecule has 1 N–H and O–H groups in total. The molecule has 0 fully saturated rings. The number of carbonyl (C=O) groups excluding carboxylic acids is 1. The van der Waals surface area contributed by atoms with E-state index in [9.17, 15) is 24.1 Å². The first-order chi connectivity index (χ1) is 10.3. The summed E-state index contributed by atoms with van der Waals surface area (Å²) in [4.78, 5) is 33.2. The first kappa shape index (κ1) is 17.3. The van der Waals surface area contributed by atoms with E-state index in [1.807, 2.05) is 0 Å². The average molecular weight is 314 g/mol. The Morgan fingerprint density at radius 1 is 1.45 bits per heavy atom. The predicted molar refractivity (Wildman–Crippen MR) is 73.1 cm³/mol. The highest BCUT2D eigenvalue weighted by Gasteiger charge is 2.18. The standard InChI is InChI=1S/C13H15FN2O6/c1-2-5-15(7-13(18)19)12(17)8-22-9-3-4-11(16(20)21)10(14)6-9/h3-4,6H,2,5,7-8H2,1H3,(H,18,19). The number of nitro benzene ring substituents is 1. The molecular weight excluding hydrogens is 299 g/mol. The fourth-order valence-electron chi connectivity index (χ4n) is 1.69. The molecule has 0 saturated heterocycles. The lowest BCUT2D eigenvalue weighted by molar-refractivity contribution is -0.387. The van der Waals surface area contributed by atoms with Gasteiger partial charge in [-0.2, -0.15) is 4.39 Å². The second-order valence-corrected chi connectivity index (χ2v) is 4.37. The van der Waals surface area contributed by atoms with Crippen molar-refractivity contribution in [2.24, 2.45) is 0 Å². The number of hydrogen-bond donors (Lipinski definition) is 1. The van der Waals surface area contributed by atoms with Crippen molar-refractivity contribution in [3.8, 4) is 5.75 Å². The molecule has 0 aliphatic heterocycles. The minimum atomic E-state index is -1.15. The maximum absolute atomic E-state index is 13.4. The molecule has 0 radical (unpaired) electrons. The van der Waals surface area contributed by atoms with Gasteiger partial charge in [-0.25, -0.2) is 0 Å². The van der Waals surface area contributed by atoms with Crippen LogP contribution in [0.2, 0.25) is 0 Å². The predicted octanol–water partition coefficient (Wildman–Crippen LogP) is 1.44. The Morgan fingerprint density at radius 3 is 2.64 bits per heavy atom. The van der Waals surface area contributed by atoms with Gasteiger partial charge in [0.1, 0.15) is 12.3 Å². The molecule has 1 aromatic rings. The summed E-state index contributed by atoms with van der Waals surface area (Å²) in [6, 6.07) is 2.89. The lowest BCUT2D eigenvalue weighted by Crippen LogP contribution is -2.39. The third-order valence-electron chi connectivity index (χ3n) is 2.65. The van der Waals surface area contributed by atoms with Crippen molar-refractivity contribution in [2.75, 3.05) is 19.7 Å². The fourth-order valence-corrected chi connectivity index (χ4v) is 1.69. The highest BCUT2D eigenvalue weighted by molar-refractivity contribution is 5.82. The van der Waals surface area contributed by atoms with Crippen LogP contribution >= 0.6 is 0 Å². The number of amides is 1. The molecule has 1 rings (SSSR count). The average Bonchev–Trinajstić information content (AvgIpc) is 2.43. The van der Waals surface area contributed by atoms with Crippen LogP contribution in [0.5, 0.6) is 5.75 Å². The summed E-state index contributed by atoms with van der Waals surface area (Å²) in [7, 11) is 0. The zero-order chi connectivity index (χ0) is 16.7. The summed E-state index contributed by atoms with van der Waals surface area (Å²) in [5.74, 6) is -2.85. The molecule has 0 heterocycles. The number of nitrogens with zero attached hydrogens (tertiary/aromatic N) is 2. The molecule has 8 nitrogen and oxygen atoms in total. The molecule has 0 unspecified atom stereocenters. The van der Waals surface area contributed by atoms with Crippen molar-refractivity contribution < 1.29 is 28.7 Å². The lowest BCUT2D eigenvalue weighted by atomic mass is 10.3. The van der Waals surface area contributed by atoms with Crippen molar-refractivity contribution in [2.45, 2.75) is 13.3 Å². The van der Waals surface area contributed by atoms with E-state index in [-0.39, 0.29) is 12.3 Å². The largest absolute Gasteiger partial charge is 0.484 e. The monoisotopic (exact) mass is 314 g/mol. The second kappa shape index (κ2) is 7.91. The summed E-state index contributed by atoms with van der Waals surface area (Å²) in [5.41, 5.74) is -0.697. The molecule has 0 saturated carbocycles. The number of ether oxygens (including phenoxy) is 1. The van der Waals surface area contributed by atoms with Crippen molar-refractivity contribution >= 4 is 17.6 Å². The third-order valence-corrected chi connectivity index (χ3v) is 2.65. The topological polar surface area (TPSA) is 110 Å². The van der Waals surface area contributed by atoms with Crippen LogP contribution in [0.4, 0.5) is 10.1 Å². The van der Waals surface area contributed by atoms with Gasteiger partial charge in [-0.1, -0.05) is 6.92 Å². The molecule has 0 aromatic heterocycles. The zero-order valence-corrected chi connectivity index (χ0v) is 11.8. The molecule has 1 aromatic carbocycles. The summed E-state index contributed by atoms with van der Waals surface area (Å²) < 4.78 is 18.4. The van der Waals surface area contributed by atoms with Gasteiger partial charge in [-0.3, -0.25) is 19.7 Å². The van der Waals surface area contributed by atoms with Gasteiger partial charge in [0, 0.05) is 18.7 Å². The number of carboxylic acid groups (broad SMARTS) is 1. The number of carboxylic acids is 1. The van der Waals surface area contributed by atoms with E-state index < -0.39 is 41.5 Å². The molecule has 9 heteroatoms. The summed E-state index contributed by atoms with van der Waals surface area (Å²) in [5, 5.41) is 19.2. The second-order valence-electron chi connectivity index (χ2n) is 4.37. The van der Waals surface area contributed by atoms with E-state index in [0.29, 0.717) is 6.42 Å². The number of halogens is 1. The van der Waals surface area contributed by atoms with Gasteiger partial charge in [-0.15, -0.1) is 0 Å². The highest BCUT2D eigenvalue weighted by Crippen LogP contribution is 2.22. The van der Waals surface area contributed by atoms with E-state index in [1.165, 1.54) is 0 Å². The van der Waals surface area contributed by atoms with Crippen LogP contribution in [0.1, 0.15) is 13.3 Å². The Balaban J connectivity index is 2.67. The normalized spacial score (nSPS) is 10.1. The van der Waals surface area contributed by atoms with E-state index in [1.54, 1.807) is 6.92 Å². The van der Waals surface area contributed by atoms with Crippen molar-refractivity contribution in [3.63, 3.8) is 0 Å². The van der Waals surface area contributed by atoms with Gasteiger partial charge >= 0.3 is 11.7 Å². The molecule has 0 spiro atoms. The lowest BCUT2D eigenvalue weighted by Gasteiger charge is -2.19. The number of aliphatic carboxylic acids is 1. The minimum absolute atomic E-state index is 0.0526. The number of benzene rings is 1. The number of rotatable bonds is 8.